The number of pyridine rings is 1. The van der Waals surface area contributed by atoms with Crippen LogP contribution in [0.3, 0.4) is 0 Å². The first-order chi connectivity index (χ1) is 13.0. The maximum atomic E-state index is 12.4. The van der Waals surface area contributed by atoms with Gasteiger partial charge < -0.3 is 20.3 Å². The van der Waals surface area contributed by atoms with Crippen LogP contribution >= 0.6 is 0 Å². The average Bonchev–Trinajstić information content (AvgIpc) is 2.70. The zero-order valence-corrected chi connectivity index (χ0v) is 15.6. The van der Waals surface area contributed by atoms with Gasteiger partial charge in [-0.3, -0.25) is 9.59 Å². The Balaban J connectivity index is 1.59. The number of carbonyl (C=O) groups excluding carboxylic acids is 2. The Bertz CT molecular complexity index is 782. The molecule has 2 aromatic rings. The molecule has 0 bridgehead atoms. The lowest BCUT2D eigenvalue weighted by Crippen LogP contribution is -2.36. The van der Waals surface area contributed by atoms with Crippen LogP contribution in [0.4, 0.5) is 17.2 Å². The summed E-state index contributed by atoms with van der Waals surface area (Å²) < 4.78 is 5.33. The summed E-state index contributed by atoms with van der Waals surface area (Å²) in [6.07, 6.45) is 1.58. The van der Waals surface area contributed by atoms with E-state index in [1.54, 1.807) is 36.5 Å². The minimum Gasteiger partial charge on any atom is -0.378 e. The molecule has 0 aliphatic carbocycles. The molecule has 0 spiro atoms. The molecule has 1 aromatic heterocycles. The van der Waals surface area contributed by atoms with Gasteiger partial charge in [0, 0.05) is 36.6 Å². The number of rotatable bonds is 5. The lowest BCUT2D eigenvalue weighted by atomic mass is 10.2. The fourth-order valence-corrected chi connectivity index (χ4v) is 2.63. The average molecular weight is 368 g/mol. The molecule has 142 valence electrons. The standard InChI is InChI=1S/C20H24N4O3/c1-14(2)19(25)22-16-4-6-17(7-5-16)23-20(26)15-3-8-18(21-13-15)24-9-11-27-12-10-24/h3-8,13-14H,9-12H2,1-2H3,(H,22,25)(H,23,26). The monoisotopic (exact) mass is 368 g/mol. The maximum Gasteiger partial charge on any atom is 0.257 e. The van der Waals surface area contributed by atoms with Crippen LogP contribution in [0.2, 0.25) is 0 Å². The minimum absolute atomic E-state index is 0.0433. The second-order valence-electron chi connectivity index (χ2n) is 6.68. The van der Waals surface area contributed by atoms with Crippen molar-refractivity contribution in [2.45, 2.75) is 13.8 Å². The smallest absolute Gasteiger partial charge is 0.257 e. The topological polar surface area (TPSA) is 83.6 Å². The van der Waals surface area contributed by atoms with Crippen LogP contribution in [-0.2, 0) is 9.53 Å². The highest BCUT2D eigenvalue weighted by Gasteiger charge is 2.14. The van der Waals surface area contributed by atoms with Crippen LogP contribution < -0.4 is 15.5 Å². The number of nitrogens with one attached hydrogen (secondary N) is 2. The number of hydrogen-bond donors (Lipinski definition) is 2. The van der Waals surface area contributed by atoms with Gasteiger partial charge in [0.05, 0.1) is 18.8 Å². The number of morpholine rings is 1. The number of amides is 2. The van der Waals surface area contributed by atoms with Gasteiger partial charge in [-0.2, -0.15) is 0 Å². The number of ether oxygens (including phenoxy) is 1. The van der Waals surface area contributed by atoms with Crippen LogP contribution in [0.25, 0.3) is 0 Å². The molecule has 2 heterocycles. The zero-order valence-electron chi connectivity index (χ0n) is 15.6. The number of anilines is 3. The van der Waals surface area contributed by atoms with Crippen molar-refractivity contribution in [1.29, 1.82) is 0 Å². The third-order valence-electron chi connectivity index (χ3n) is 4.28. The van der Waals surface area contributed by atoms with Crippen molar-refractivity contribution in [3.63, 3.8) is 0 Å². The van der Waals surface area contributed by atoms with E-state index in [-0.39, 0.29) is 17.7 Å². The molecule has 1 fully saturated rings. The van der Waals surface area contributed by atoms with E-state index in [0.29, 0.717) is 30.2 Å². The largest absolute Gasteiger partial charge is 0.378 e. The molecule has 2 N–H and O–H groups in total. The molecule has 1 aliphatic rings. The van der Waals surface area contributed by atoms with E-state index >= 15 is 0 Å². The summed E-state index contributed by atoms with van der Waals surface area (Å²) in [7, 11) is 0. The Labute approximate surface area is 158 Å². The summed E-state index contributed by atoms with van der Waals surface area (Å²) in [4.78, 5) is 30.6. The molecule has 2 amide bonds. The van der Waals surface area contributed by atoms with Gasteiger partial charge in [0.25, 0.3) is 5.91 Å². The van der Waals surface area contributed by atoms with Gasteiger partial charge in [0.15, 0.2) is 0 Å². The minimum atomic E-state index is -0.227. The van der Waals surface area contributed by atoms with E-state index in [2.05, 4.69) is 20.5 Å². The summed E-state index contributed by atoms with van der Waals surface area (Å²) in [5.74, 6) is 0.491. The van der Waals surface area contributed by atoms with Gasteiger partial charge in [0.1, 0.15) is 5.82 Å². The first-order valence-corrected chi connectivity index (χ1v) is 9.04. The predicted octanol–water partition coefficient (Wildman–Crippen LogP) is 2.77. The molecular formula is C20H24N4O3. The summed E-state index contributed by atoms with van der Waals surface area (Å²) in [6.45, 7) is 6.66. The van der Waals surface area contributed by atoms with Gasteiger partial charge in [-0.25, -0.2) is 4.98 Å². The van der Waals surface area contributed by atoms with Crippen LogP contribution in [0.15, 0.2) is 42.6 Å². The number of hydrogen-bond acceptors (Lipinski definition) is 5. The maximum absolute atomic E-state index is 12.4. The molecule has 1 saturated heterocycles. The van der Waals surface area contributed by atoms with E-state index in [1.807, 2.05) is 19.9 Å². The van der Waals surface area contributed by atoms with E-state index in [4.69, 9.17) is 4.74 Å². The highest BCUT2D eigenvalue weighted by molar-refractivity contribution is 6.04. The number of nitrogens with zero attached hydrogens (tertiary/aromatic N) is 2. The Morgan fingerprint density at radius 3 is 2.19 bits per heavy atom. The van der Waals surface area contributed by atoms with Crippen LogP contribution in [0, 0.1) is 5.92 Å². The highest BCUT2D eigenvalue weighted by Crippen LogP contribution is 2.17. The fourth-order valence-electron chi connectivity index (χ4n) is 2.63. The molecule has 7 nitrogen and oxygen atoms in total. The normalized spacial score (nSPS) is 14.1. The Hall–Kier alpha value is -2.93. The summed E-state index contributed by atoms with van der Waals surface area (Å²) >= 11 is 0. The number of benzene rings is 1. The Kier molecular flexibility index (Phi) is 6.03. The van der Waals surface area contributed by atoms with E-state index in [0.717, 1.165) is 18.9 Å². The molecule has 1 aromatic carbocycles. The number of aromatic nitrogens is 1. The van der Waals surface area contributed by atoms with Crippen molar-refractivity contribution >= 4 is 29.0 Å². The lowest BCUT2D eigenvalue weighted by Gasteiger charge is -2.27. The van der Waals surface area contributed by atoms with Gasteiger partial charge in [0.2, 0.25) is 5.91 Å². The van der Waals surface area contributed by atoms with Gasteiger partial charge in [-0.15, -0.1) is 0 Å². The molecular weight excluding hydrogens is 344 g/mol. The highest BCUT2D eigenvalue weighted by atomic mass is 16.5. The lowest BCUT2D eigenvalue weighted by molar-refractivity contribution is -0.118. The van der Waals surface area contributed by atoms with E-state index < -0.39 is 0 Å². The molecule has 0 radical (unpaired) electrons. The van der Waals surface area contributed by atoms with Gasteiger partial charge in [-0.1, -0.05) is 13.8 Å². The van der Waals surface area contributed by atoms with Crippen LogP contribution in [0.5, 0.6) is 0 Å². The van der Waals surface area contributed by atoms with Crippen molar-refractivity contribution in [2.24, 2.45) is 5.92 Å². The third kappa shape index (κ3) is 5.04. The molecule has 3 rings (SSSR count). The fraction of sp³-hybridized carbons (Fsp3) is 0.350. The van der Waals surface area contributed by atoms with Crippen molar-refractivity contribution in [3.8, 4) is 0 Å². The van der Waals surface area contributed by atoms with Crippen molar-refractivity contribution in [3.05, 3.63) is 48.2 Å². The van der Waals surface area contributed by atoms with Crippen molar-refractivity contribution < 1.29 is 14.3 Å². The molecule has 0 atom stereocenters. The van der Waals surface area contributed by atoms with E-state index in [1.165, 1.54) is 0 Å². The SMILES string of the molecule is CC(C)C(=O)Nc1ccc(NC(=O)c2ccc(N3CCOCC3)nc2)cc1. The van der Waals surface area contributed by atoms with Crippen molar-refractivity contribution in [1.82, 2.24) is 4.98 Å². The summed E-state index contributed by atoms with van der Waals surface area (Å²) in [5, 5.41) is 5.65. The second kappa shape index (κ2) is 8.64. The third-order valence-corrected chi connectivity index (χ3v) is 4.28. The molecule has 1 aliphatic heterocycles. The Morgan fingerprint density at radius 1 is 1.00 bits per heavy atom. The molecule has 0 saturated carbocycles. The quantitative estimate of drug-likeness (QED) is 0.848. The van der Waals surface area contributed by atoms with Gasteiger partial charge >= 0.3 is 0 Å². The van der Waals surface area contributed by atoms with Crippen molar-refractivity contribution in [2.75, 3.05) is 41.8 Å². The number of carbonyl (C=O) groups is 2. The predicted molar refractivity (Wildman–Crippen MR) is 105 cm³/mol. The molecule has 27 heavy (non-hydrogen) atoms. The van der Waals surface area contributed by atoms with Crippen LogP contribution in [0.1, 0.15) is 24.2 Å². The summed E-state index contributed by atoms with van der Waals surface area (Å²) in [6, 6.07) is 10.6. The first kappa shape index (κ1) is 18.8. The second-order valence-corrected chi connectivity index (χ2v) is 6.68. The first-order valence-electron chi connectivity index (χ1n) is 9.04. The zero-order chi connectivity index (χ0) is 19.2. The molecule has 7 heteroatoms. The summed E-state index contributed by atoms with van der Waals surface area (Å²) in [5.41, 5.74) is 1.84. The van der Waals surface area contributed by atoms with Gasteiger partial charge in [-0.05, 0) is 36.4 Å². The Morgan fingerprint density at radius 2 is 1.63 bits per heavy atom. The van der Waals surface area contributed by atoms with Crippen LogP contribution in [-0.4, -0.2) is 43.1 Å². The van der Waals surface area contributed by atoms with E-state index in [9.17, 15) is 9.59 Å². The molecule has 0 unspecified atom stereocenters.